The van der Waals surface area contributed by atoms with Crippen molar-refractivity contribution >= 4 is 5.91 Å². The van der Waals surface area contributed by atoms with Crippen LogP contribution in [0.1, 0.15) is 20.3 Å². The summed E-state index contributed by atoms with van der Waals surface area (Å²) in [6, 6.07) is -0.368. The maximum Gasteiger partial charge on any atom is 0.236 e. The van der Waals surface area contributed by atoms with Gasteiger partial charge in [0.1, 0.15) is 6.04 Å². The fourth-order valence-corrected chi connectivity index (χ4v) is 0.828. The summed E-state index contributed by atoms with van der Waals surface area (Å²) in [5.74, 6) is 0.258. The molecule has 1 amide bonds. The molecule has 0 bridgehead atoms. The number of carbonyl (C=O) groups is 1. The molecular weight excluding hydrogens is 168 g/mol. The van der Waals surface area contributed by atoms with E-state index in [1.165, 1.54) is 0 Å². The van der Waals surface area contributed by atoms with Gasteiger partial charge in [-0.25, -0.2) is 0 Å². The van der Waals surface area contributed by atoms with Gasteiger partial charge in [-0.1, -0.05) is 13.8 Å². The molecule has 0 saturated heterocycles. The average molecular weight is 188 g/mol. The van der Waals surface area contributed by atoms with Gasteiger partial charge in [0, 0.05) is 6.61 Å². The molecule has 0 aromatic rings. The van der Waals surface area contributed by atoms with E-state index in [9.17, 15) is 4.79 Å². The van der Waals surface area contributed by atoms with Crippen LogP contribution in [0, 0.1) is 5.92 Å². The monoisotopic (exact) mass is 188 g/mol. The Kier molecular flexibility index (Phi) is 6.54. The van der Waals surface area contributed by atoms with Gasteiger partial charge in [0.05, 0.1) is 6.61 Å². The summed E-state index contributed by atoms with van der Waals surface area (Å²) in [7, 11) is 1.70. The molecule has 0 heterocycles. The van der Waals surface area contributed by atoms with Crippen molar-refractivity contribution in [2.24, 2.45) is 11.7 Å². The standard InChI is InChI=1S/C9H20N2O2/c1-7(2)4-5-13-6-8(11-3)9(10)12/h7-8,11H,4-6H2,1-3H3,(H2,10,12). The number of hydrogen-bond acceptors (Lipinski definition) is 3. The Bertz CT molecular complexity index is 149. The van der Waals surface area contributed by atoms with E-state index in [-0.39, 0.29) is 11.9 Å². The van der Waals surface area contributed by atoms with Crippen molar-refractivity contribution in [2.45, 2.75) is 26.3 Å². The van der Waals surface area contributed by atoms with E-state index >= 15 is 0 Å². The Balaban J connectivity index is 3.44. The van der Waals surface area contributed by atoms with E-state index in [1.54, 1.807) is 7.05 Å². The second kappa shape index (κ2) is 6.86. The lowest BCUT2D eigenvalue weighted by Crippen LogP contribution is -2.42. The number of primary amides is 1. The lowest BCUT2D eigenvalue weighted by Gasteiger charge is -2.12. The minimum Gasteiger partial charge on any atom is -0.379 e. The van der Waals surface area contributed by atoms with Gasteiger partial charge in [-0.15, -0.1) is 0 Å². The zero-order valence-electron chi connectivity index (χ0n) is 8.67. The van der Waals surface area contributed by atoms with Crippen molar-refractivity contribution in [3.8, 4) is 0 Å². The summed E-state index contributed by atoms with van der Waals surface area (Å²) >= 11 is 0. The minimum atomic E-state index is -0.368. The van der Waals surface area contributed by atoms with Crippen molar-refractivity contribution in [1.29, 1.82) is 0 Å². The molecule has 0 aromatic carbocycles. The number of nitrogens with two attached hydrogens (primary N) is 1. The highest BCUT2D eigenvalue weighted by molar-refractivity contribution is 5.79. The lowest BCUT2D eigenvalue weighted by atomic mass is 10.1. The highest BCUT2D eigenvalue weighted by Gasteiger charge is 2.11. The Hall–Kier alpha value is -0.610. The van der Waals surface area contributed by atoms with Crippen molar-refractivity contribution < 1.29 is 9.53 Å². The van der Waals surface area contributed by atoms with Crippen molar-refractivity contribution in [3.05, 3.63) is 0 Å². The fourth-order valence-electron chi connectivity index (χ4n) is 0.828. The molecule has 0 radical (unpaired) electrons. The first-order valence-electron chi connectivity index (χ1n) is 4.62. The topological polar surface area (TPSA) is 64.3 Å². The predicted molar refractivity (Wildman–Crippen MR) is 52.3 cm³/mol. The van der Waals surface area contributed by atoms with E-state index in [0.29, 0.717) is 19.1 Å². The second-order valence-electron chi connectivity index (χ2n) is 3.50. The van der Waals surface area contributed by atoms with Gasteiger partial charge in [-0.05, 0) is 19.4 Å². The van der Waals surface area contributed by atoms with Crippen LogP contribution in [0.4, 0.5) is 0 Å². The third-order valence-corrected chi connectivity index (χ3v) is 1.82. The Morgan fingerprint density at radius 2 is 2.15 bits per heavy atom. The zero-order chi connectivity index (χ0) is 10.3. The van der Waals surface area contributed by atoms with Crippen LogP contribution >= 0.6 is 0 Å². The van der Waals surface area contributed by atoms with Crippen LogP contribution in [0.25, 0.3) is 0 Å². The number of likely N-dealkylation sites (N-methyl/N-ethyl adjacent to an activating group) is 1. The molecule has 0 aliphatic carbocycles. The molecule has 1 atom stereocenters. The molecule has 0 fully saturated rings. The summed E-state index contributed by atoms with van der Waals surface area (Å²) in [5, 5.41) is 2.79. The van der Waals surface area contributed by atoms with Crippen LogP contribution in [-0.4, -0.2) is 32.2 Å². The summed E-state index contributed by atoms with van der Waals surface area (Å²) in [6.07, 6.45) is 1.01. The van der Waals surface area contributed by atoms with Gasteiger partial charge in [0.25, 0.3) is 0 Å². The summed E-state index contributed by atoms with van der Waals surface area (Å²) < 4.78 is 5.30. The number of amides is 1. The third-order valence-electron chi connectivity index (χ3n) is 1.82. The normalized spacial score (nSPS) is 13.2. The van der Waals surface area contributed by atoms with Gasteiger partial charge < -0.3 is 15.8 Å². The number of nitrogens with one attached hydrogen (secondary N) is 1. The second-order valence-corrected chi connectivity index (χ2v) is 3.50. The number of rotatable bonds is 7. The molecule has 0 spiro atoms. The van der Waals surface area contributed by atoms with Crippen LogP contribution in [-0.2, 0) is 9.53 Å². The zero-order valence-corrected chi connectivity index (χ0v) is 8.67. The van der Waals surface area contributed by atoms with Crippen molar-refractivity contribution in [2.75, 3.05) is 20.3 Å². The van der Waals surface area contributed by atoms with Gasteiger partial charge in [0.2, 0.25) is 5.91 Å². The smallest absolute Gasteiger partial charge is 0.236 e. The van der Waals surface area contributed by atoms with Gasteiger partial charge in [-0.3, -0.25) is 4.79 Å². The Morgan fingerprint density at radius 1 is 1.54 bits per heavy atom. The lowest BCUT2D eigenvalue weighted by molar-refractivity contribution is -0.121. The summed E-state index contributed by atoms with van der Waals surface area (Å²) in [6.45, 7) is 5.31. The third kappa shape index (κ3) is 6.54. The van der Waals surface area contributed by atoms with Crippen molar-refractivity contribution in [1.82, 2.24) is 5.32 Å². The summed E-state index contributed by atoms with van der Waals surface area (Å²) in [4.78, 5) is 10.7. The van der Waals surface area contributed by atoms with E-state index < -0.39 is 0 Å². The number of ether oxygens (including phenoxy) is 1. The number of hydrogen-bond donors (Lipinski definition) is 2. The van der Waals surface area contributed by atoms with Crippen molar-refractivity contribution in [3.63, 3.8) is 0 Å². The Labute approximate surface area is 79.8 Å². The molecule has 4 nitrogen and oxygen atoms in total. The molecule has 1 unspecified atom stereocenters. The molecule has 4 heteroatoms. The van der Waals surface area contributed by atoms with Crippen LogP contribution < -0.4 is 11.1 Å². The van der Waals surface area contributed by atoms with Gasteiger partial charge in [-0.2, -0.15) is 0 Å². The maximum atomic E-state index is 10.7. The molecular formula is C9H20N2O2. The quantitative estimate of drug-likeness (QED) is 0.558. The van der Waals surface area contributed by atoms with Crippen LogP contribution in [0.5, 0.6) is 0 Å². The molecule has 0 aliphatic rings. The summed E-state index contributed by atoms with van der Waals surface area (Å²) in [5.41, 5.74) is 5.11. The molecule has 3 N–H and O–H groups in total. The van der Waals surface area contributed by atoms with Gasteiger partial charge in [0.15, 0.2) is 0 Å². The van der Waals surface area contributed by atoms with E-state index in [4.69, 9.17) is 10.5 Å². The molecule has 0 aromatic heterocycles. The van der Waals surface area contributed by atoms with E-state index in [0.717, 1.165) is 6.42 Å². The fraction of sp³-hybridized carbons (Fsp3) is 0.889. The minimum absolute atomic E-state index is 0.360. The molecule has 0 saturated carbocycles. The van der Waals surface area contributed by atoms with Crippen LogP contribution in [0.3, 0.4) is 0 Å². The molecule has 0 aliphatic heterocycles. The Morgan fingerprint density at radius 3 is 2.54 bits per heavy atom. The first kappa shape index (κ1) is 12.4. The maximum absolute atomic E-state index is 10.7. The molecule has 13 heavy (non-hydrogen) atoms. The van der Waals surface area contributed by atoms with Crippen LogP contribution in [0.15, 0.2) is 0 Å². The van der Waals surface area contributed by atoms with Gasteiger partial charge >= 0.3 is 0 Å². The SMILES string of the molecule is CNC(COCCC(C)C)C(N)=O. The first-order chi connectivity index (χ1) is 6.07. The average Bonchev–Trinajstić information content (AvgIpc) is 2.03. The highest BCUT2D eigenvalue weighted by Crippen LogP contribution is 1.99. The largest absolute Gasteiger partial charge is 0.379 e. The predicted octanol–water partition coefficient (Wildman–Crippen LogP) is 0.122. The molecule has 78 valence electrons. The first-order valence-corrected chi connectivity index (χ1v) is 4.62. The molecule has 0 rings (SSSR count). The van der Waals surface area contributed by atoms with E-state index in [2.05, 4.69) is 19.2 Å². The van der Waals surface area contributed by atoms with Crippen LogP contribution in [0.2, 0.25) is 0 Å². The highest BCUT2D eigenvalue weighted by atomic mass is 16.5. The number of carbonyl (C=O) groups excluding carboxylic acids is 1. The van der Waals surface area contributed by atoms with E-state index in [1.807, 2.05) is 0 Å².